The Hall–Kier alpha value is -1.86. The summed E-state index contributed by atoms with van der Waals surface area (Å²) < 4.78 is 32.1. The number of carbonyl (C=O) groups excluding carboxylic acids is 1. The second kappa shape index (κ2) is 5.16. The molecule has 0 radical (unpaired) electrons. The first-order chi connectivity index (χ1) is 9.72. The predicted molar refractivity (Wildman–Crippen MR) is 78.6 cm³/mol. The third-order valence-corrected chi connectivity index (χ3v) is 5.49. The quantitative estimate of drug-likeness (QED) is 0.691. The van der Waals surface area contributed by atoms with Crippen LogP contribution in [0.1, 0.15) is 29.9 Å². The van der Waals surface area contributed by atoms with Crippen LogP contribution in [-0.2, 0) is 23.8 Å². The van der Waals surface area contributed by atoms with E-state index in [-0.39, 0.29) is 0 Å². The molecule has 0 saturated carbocycles. The maximum absolute atomic E-state index is 12.0. The van der Waals surface area contributed by atoms with Crippen molar-refractivity contribution in [1.29, 1.82) is 0 Å². The Morgan fingerprint density at radius 3 is 2.43 bits per heavy atom. The number of nitrogens with one attached hydrogen (secondary N) is 1. The Balaban J connectivity index is 2.55. The molecule has 1 heterocycles. The van der Waals surface area contributed by atoms with Crippen molar-refractivity contribution in [3.63, 3.8) is 0 Å². The van der Waals surface area contributed by atoms with Gasteiger partial charge >= 0.3 is 5.97 Å². The highest BCUT2D eigenvalue weighted by atomic mass is 32.2. The molecule has 0 aliphatic rings. The van der Waals surface area contributed by atoms with Crippen molar-refractivity contribution in [3.05, 3.63) is 35.5 Å². The van der Waals surface area contributed by atoms with Crippen molar-refractivity contribution in [2.75, 3.05) is 14.2 Å². The zero-order valence-corrected chi connectivity index (χ0v) is 13.1. The molecular formula is C14H17NO5S. The first kappa shape index (κ1) is 15.5. The lowest BCUT2D eigenvalue weighted by Gasteiger charge is -2.23. The minimum atomic E-state index is -3.74. The molecular weight excluding hydrogens is 294 g/mol. The predicted octanol–water partition coefficient (Wildman–Crippen LogP) is 2.17. The number of hydrogen-bond donors (Lipinski definition) is 1. The van der Waals surface area contributed by atoms with Gasteiger partial charge in [-0.3, -0.25) is 4.18 Å². The van der Waals surface area contributed by atoms with Crippen LogP contribution in [0, 0.1) is 0 Å². The molecule has 0 aliphatic carbocycles. The Kier molecular flexibility index (Phi) is 3.81. The van der Waals surface area contributed by atoms with Crippen LogP contribution in [0.15, 0.2) is 24.3 Å². The average Bonchev–Trinajstić information content (AvgIpc) is 2.88. The molecule has 0 spiro atoms. The van der Waals surface area contributed by atoms with Gasteiger partial charge in [0.2, 0.25) is 0 Å². The van der Waals surface area contributed by atoms with Crippen LogP contribution in [0.3, 0.4) is 0 Å². The molecule has 2 aromatic rings. The molecule has 1 N–H and O–H groups in total. The van der Waals surface area contributed by atoms with Gasteiger partial charge in [-0.25, -0.2) is 4.79 Å². The van der Waals surface area contributed by atoms with Gasteiger partial charge in [-0.1, -0.05) is 12.1 Å². The van der Waals surface area contributed by atoms with Crippen molar-refractivity contribution in [2.45, 2.75) is 18.6 Å². The number of aromatic nitrogens is 1. The monoisotopic (exact) mass is 311 g/mol. The van der Waals surface area contributed by atoms with Gasteiger partial charge in [0, 0.05) is 10.9 Å². The number of aromatic amines is 1. The van der Waals surface area contributed by atoms with Gasteiger partial charge in [-0.15, -0.1) is 0 Å². The summed E-state index contributed by atoms with van der Waals surface area (Å²) in [6.07, 6.45) is 0. The number of rotatable bonds is 4. The summed E-state index contributed by atoms with van der Waals surface area (Å²) in [7, 11) is -1.30. The number of fused-ring (bicyclic) bond motifs is 1. The molecule has 2 rings (SSSR count). The van der Waals surface area contributed by atoms with Crippen molar-refractivity contribution < 1.29 is 22.1 Å². The lowest BCUT2D eigenvalue weighted by Crippen LogP contribution is -2.30. The first-order valence-electron chi connectivity index (χ1n) is 6.24. The number of carbonyl (C=O) groups is 1. The van der Waals surface area contributed by atoms with E-state index in [0.717, 1.165) is 12.5 Å². The van der Waals surface area contributed by atoms with E-state index in [1.807, 2.05) is 0 Å². The summed E-state index contributed by atoms with van der Waals surface area (Å²) in [5.74, 6) is -0.475. The number of esters is 1. The van der Waals surface area contributed by atoms with E-state index in [4.69, 9.17) is 0 Å². The molecule has 0 unspecified atom stereocenters. The normalized spacial score (nSPS) is 12.6. The van der Waals surface area contributed by atoms with E-state index in [2.05, 4.69) is 13.9 Å². The van der Waals surface area contributed by atoms with Gasteiger partial charge in [0.25, 0.3) is 10.1 Å². The number of benzene rings is 1. The van der Waals surface area contributed by atoms with Crippen molar-refractivity contribution >= 4 is 27.0 Å². The van der Waals surface area contributed by atoms with E-state index in [0.29, 0.717) is 16.8 Å². The minimum Gasteiger partial charge on any atom is -0.464 e. The van der Waals surface area contributed by atoms with E-state index in [9.17, 15) is 13.2 Å². The maximum atomic E-state index is 12.0. The highest BCUT2D eigenvalue weighted by molar-refractivity contribution is 7.87. The lowest BCUT2D eigenvalue weighted by atomic mass is 10.0. The minimum absolute atomic E-state index is 0.317. The number of hydrogen-bond acceptors (Lipinski definition) is 5. The molecule has 0 fully saturated rings. The SMILES string of the molecule is COC(=O)c1cc2ccc(C(C)(C)S(=O)(=O)OC)cc2[nH]1. The Morgan fingerprint density at radius 2 is 1.86 bits per heavy atom. The molecule has 0 saturated heterocycles. The maximum Gasteiger partial charge on any atom is 0.354 e. The van der Waals surface area contributed by atoms with Crippen molar-refractivity contribution in [1.82, 2.24) is 4.98 Å². The molecule has 0 atom stereocenters. The second-order valence-electron chi connectivity index (χ2n) is 5.11. The van der Waals surface area contributed by atoms with Crippen LogP contribution in [0.4, 0.5) is 0 Å². The zero-order chi connectivity index (χ0) is 15.8. The van der Waals surface area contributed by atoms with Gasteiger partial charge in [0.05, 0.1) is 14.2 Å². The van der Waals surface area contributed by atoms with E-state index >= 15 is 0 Å². The standard InChI is InChI=1S/C14H17NO5S/c1-14(2,21(17,18)20-4)10-6-5-9-7-12(13(16)19-3)15-11(9)8-10/h5-8,15H,1-4H3. The fraction of sp³-hybridized carbons (Fsp3) is 0.357. The van der Waals surface area contributed by atoms with Crippen LogP contribution in [0.5, 0.6) is 0 Å². The molecule has 7 heteroatoms. The number of H-pyrrole nitrogens is 1. The highest BCUT2D eigenvalue weighted by Crippen LogP contribution is 2.32. The molecule has 0 bridgehead atoms. The second-order valence-corrected chi connectivity index (χ2v) is 7.37. The van der Waals surface area contributed by atoms with E-state index in [1.54, 1.807) is 38.1 Å². The average molecular weight is 311 g/mol. The van der Waals surface area contributed by atoms with Gasteiger partial charge in [-0.05, 0) is 31.5 Å². The summed E-state index contributed by atoms with van der Waals surface area (Å²) >= 11 is 0. The molecule has 6 nitrogen and oxygen atoms in total. The van der Waals surface area contributed by atoms with Gasteiger partial charge in [0.1, 0.15) is 10.4 Å². The number of methoxy groups -OCH3 is 1. The number of ether oxygens (including phenoxy) is 1. The van der Waals surface area contributed by atoms with Crippen LogP contribution in [-0.4, -0.2) is 33.6 Å². The fourth-order valence-electron chi connectivity index (χ4n) is 2.07. The molecule has 21 heavy (non-hydrogen) atoms. The summed E-state index contributed by atoms with van der Waals surface area (Å²) in [4.78, 5) is 14.4. The Bertz CT molecular complexity index is 789. The highest BCUT2D eigenvalue weighted by Gasteiger charge is 2.36. The Morgan fingerprint density at radius 1 is 1.19 bits per heavy atom. The van der Waals surface area contributed by atoms with Crippen LogP contribution in [0.25, 0.3) is 10.9 Å². The summed E-state index contributed by atoms with van der Waals surface area (Å²) in [6, 6.07) is 6.80. The largest absolute Gasteiger partial charge is 0.464 e. The van der Waals surface area contributed by atoms with Crippen molar-refractivity contribution in [3.8, 4) is 0 Å². The van der Waals surface area contributed by atoms with Gasteiger partial charge in [-0.2, -0.15) is 8.42 Å². The van der Waals surface area contributed by atoms with Crippen LogP contribution >= 0.6 is 0 Å². The van der Waals surface area contributed by atoms with Crippen LogP contribution < -0.4 is 0 Å². The summed E-state index contributed by atoms with van der Waals surface area (Å²) in [5.41, 5.74) is 1.54. The zero-order valence-electron chi connectivity index (χ0n) is 12.3. The Labute approximate surface area is 123 Å². The smallest absolute Gasteiger partial charge is 0.354 e. The van der Waals surface area contributed by atoms with Crippen LogP contribution in [0.2, 0.25) is 0 Å². The molecule has 1 aromatic heterocycles. The summed E-state index contributed by atoms with van der Waals surface area (Å²) in [5, 5.41) is 0.796. The first-order valence-corrected chi connectivity index (χ1v) is 7.65. The molecule has 114 valence electrons. The van der Waals surface area contributed by atoms with E-state index in [1.165, 1.54) is 7.11 Å². The van der Waals surface area contributed by atoms with Crippen molar-refractivity contribution in [2.24, 2.45) is 0 Å². The third kappa shape index (κ3) is 2.54. The fourth-order valence-corrected chi connectivity index (χ4v) is 2.91. The third-order valence-electron chi connectivity index (χ3n) is 3.57. The molecule has 1 aromatic carbocycles. The topological polar surface area (TPSA) is 85.5 Å². The summed E-state index contributed by atoms with van der Waals surface area (Å²) in [6.45, 7) is 3.13. The van der Waals surface area contributed by atoms with Gasteiger partial charge < -0.3 is 9.72 Å². The molecule has 0 aliphatic heterocycles. The van der Waals surface area contributed by atoms with Gasteiger partial charge in [0.15, 0.2) is 0 Å². The van der Waals surface area contributed by atoms with E-state index < -0.39 is 20.8 Å². The lowest BCUT2D eigenvalue weighted by molar-refractivity contribution is 0.0595. The molecule has 0 amide bonds.